The second-order valence-electron chi connectivity index (χ2n) is 5.92. The van der Waals surface area contributed by atoms with E-state index in [0.717, 1.165) is 33.3 Å². The fourth-order valence-corrected chi connectivity index (χ4v) is 3.70. The number of rotatable bonds is 5. The molecule has 0 saturated carbocycles. The Labute approximate surface area is 144 Å². The predicted molar refractivity (Wildman–Crippen MR) is 93.0 cm³/mol. The molecule has 0 aliphatic carbocycles. The van der Waals surface area contributed by atoms with Crippen molar-refractivity contribution in [1.29, 1.82) is 0 Å². The van der Waals surface area contributed by atoms with Gasteiger partial charge in [0.05, 0.1) is 16.3 Å². The summed E-state index contributed by atoms with van der Waals surface area (Å²) in [5.41, 5.74) is 2.72. The van der Waals surface area contributed by atoms with Crippen LogP contribution in [0.5, 0.6) is 0 Å². The van der Waals surface area contributed by atoms with E-state index in [-0.39, 0.29) is 17.9 Å². The number of aryl methyl sites for hydroxylation is 2. The van der Waals surface area contributed by atoms with Gasteiger partial charge in [0.25, 0.3) is 0 Å². The fourth-order valence-electron chi connectivity index (χ4n) is 2.72. The highest BCUT2D eigenvalue weighted by molar-refractivity contribution is 7.99. The smallest absolute Gasteiger partial charge is 0.226 e. The van der Waals surface area contributed by atoms with E-state index in [1.165, 1.54) is 0 Å². The van der Waals surface area contributed by atoms with Gasteiger partial charge in [-0.1, -0.05) is 23.9 Å². The number of hydrogen-bond acceptors (Lipinski definition) is 4. The third kappa shape index (κ3) is 3.79. The maximum Gasteiger partial charge on any atom is 0.226 e. The molecule has 2 heterocycles. The lowest BCUT2D eigenvalue weighted by Crippen LogP contribution is -2.29. The number of hydrogen-bond donors (Lipinski definition) is 3. The minimum absolute atomic E-state index is 0.0228. The van der Waals surface area contributed by atoms with Gasteiger partial charge in [0, 0.05) is 29.5 Å². The van der Waals surface area contributed by atoms with E-state index < -0.39 is 0 Å². The number of benzene rings is 1. The van der Waals surface area contributed by atoms with E-state index in [2.05, 4.69) is 20.8 Å². The molecule has 0 bridgehead atoms. The Morgan fingerprint density at radius 3 is 2.83 bits per heavy atom. The maximum atomic E-state index is 12.3. The second kappa shape index (κ2) is 7.09. The van der Waals surface area contributed by atoms with Crippen molar-refractivity contribution in [1.82, 2.24) is 15.5 Å². The monoisotopic (exact) mass is 344 g/mol. The van der Waals surface area contributed by atoms with E-state index in [1.807, 2.05) is 38.1 Å². The molecule has 3 rings (SSSR count). The van der Waals surface area contributed by atoms with Gasteiger partial charge in [-0.3, -0.25) is 14.7 Å². The number of H-pyrrole nitrogens is 1. The van der Waals surface area contributed by atoms with Gasteiger partial charge in [0.15, 0.2) is 0 Å². The largest absolute Gasteiger partial charge is 0.353 e. The van der Waals surface area contributed by atoms with Crippen molar-refractivity contribution in [2.75, 3.05) is 5.32 Å². The summed E-state index contributed by atoms with van der Waals surface area (Å²) in [4.78, 5) is 25.5. The number of aromatic nitrogens is 2. The topological polar surface area (TPSA) is 86.9 Å². The molecule has 24 heavy (non-hydrogen) atoms. The number of aromatic amines is 1. The molecular formula is C17H20N4O2S. The molecule has 7 heteroatoms. The van der Waals surface area contributed by atoms with Crippen LogP contribution in [0.25, 0.3) is 0 Å². The first-order valence-electron chi connectivity index (χ1n) is 7.90. The molecule has 1 aliphatic rings. The average molecular weight is 344 g/mol. The second-order valence-corrected chi connectivity index (χ2v) is 6.97. The number of amides is 2. The Morgan fingerprint density at radius 1 is 1.38 bits per heavy atom. The summed E-state index contributed by atoms with van der Waals surface area (Å²) in [7, 11) is 0. The van der Waals surface area contributed by atoms with Crippen LogP contribution in [0.2, 0.25) is 0 Å². The van der Waals surface area contributed by atoms with Crippen LogP contribution >= 0.6 is 11.8 Å². The van der Waals surface area contributed by atoms with Gasteiger partial charge in [0.2, 0.25) is 11.8 Å². The minimum Gasteiger partial charge on any atom is -0.353 e. The van der Waals surface area contributed by atoms with E-state index in [1.54, 1.807) is 11.8 Å². The number of para-hydroxylation sites is 1. The molecule has 126 valence electrons. The summed E-state index contributed by atoms with van der Waals surface area (Å²) in [5, 5.41) is 13.0. The molecule has 1 fully saturated rings. The molecule has 1 aromatic heterocycles. The van der Waals surface area contributed by atoms with Crippen LogP contribution in [0.1, 0.15) is 30.7 Å². The first kappa shape index (κ1) is 16.6. The van der Waals surface area contributed by atoms with Crippen LogP contribution < -0.4 is 10.6 Å². The number of nitrogens with one attached hydrogen (secondary N) is 3. The van der Waals surface area contributed by atoms with Gasteiger partial charge in [-0.15, -0.1) is 0 Å². The maximum absolute atomic E-state index is 12.3. The Hall–Kier alpha value is -2.28. The standard InChI is InChI=1S/C17H20N4O2S/c1-10-17(11(2)21-20-10)24-14-6-4-3-5-13(14)19-16(23)9-12-7-8-15(22)18-12/h3-6,12H,7-9H2,1-2H3,(H,18,22)(H,19,23)(H,20,21)/t12-/m0/s1. The molecule has 1 aliphatic heterocycles. The summed E-state index contributed by atoms with van der Waals surface area (Å²) in [6.07, 6.45) is 1.52. The third-order valence-electron chi connectivity index (χ3n) is 3.95. The fraction of sp³-hybridized carbons (Fsp3) is 0.353. The lowest BCUT2D eigenvalue weighted by molar-refractivity contribution is -0.119. The summed E-state index contributed by atoms with van der Waals surface area (Å²) >= 11 is 1.58. The Kier molecular flexibility index (Phi) is 4.89. The van der Waals surface area contributed by atoms with Crippen LogP contribution in [0, 0.1) is 13.8 Å². The first-order valence-corrected chi connectivity index (χ1v) is 8.72. The molecular weight excluding hydrogens is 324 g/mol. The number of carbonyl (C=O) groups is 2. The van der Waals surface area contributed by atoms with Crippen molar-refractivity contribution in [3.05, 3.63) is 35.7 Å². The van der Waals surface area contributed by atoms with Gasteiger partial charge >= 0.3 is 0 Å². The molecule has 2 aromatic rings. The van der Waals surface area contributed by atoms with Crippen molar-refractivity contribution < 1.29 is 9.59 Å². The SMILES string of the molecule is Cc1n[nH]c(C)c1Sc1ccccc1NC(=O)C[C@@H]1CCC(=O)N1. The highest BCUT2D eigenvalue weighted by Gasteiger charge is 2.23. The highest BCUT2D eigenvalue weighted by Crippen LogP contribution is 2.36. The molecule has 3 N–H and O–H groups in total. The lowest BCUT2D eigenvalue weighted by atomic mass is 10.1. The third-order valence-corrected chi connectivity index (χ3v) is 5.33. The van der Waals surface area contributed by atoms with Crippen LogP contribution in [0.3, 0.4) is 0 Å². The zero-order valence-electron chi connectivity index (χ0n) is 13.7. The lowest BCUT2D eigenvalue weighted by Gasteiger charge is -2.13. The molecule has 1 atom stereocenters. The van der Waals surface area contributed by atoms with Crippen molar-refractivity contribution in [2.24, 2.45) is 0 Å². The summed E-state index contributed by atoms with van der Waals surface area (Å²) < 4.78 is 0. The van der Waals surface area contributed by atoms with Crippen LogP contribution in [0.15, 0.2) is 34.1 Å². The van der Waals surface area contributed by atoms with E-state index in [9.17, 15) is 9.59 Å². The zero-order chi connectivity index (χ0) is 17.1. The van der Waals surface area contributed by atoms with E-state index >= 15 is 0 Å². The van der Waals surface area contributed by atoms with Gasteiger partial charge in [0.1, 0.15) is 0 Å². The molecule has 0 spiro atoms. The molecule has 2 amide bonds. The van der Waals surface area contributed by atoms with E-state index in [0.29, 0.717) is 12.8 Å². The summed E-state index contributed by atoms with van der Waals surface area (Å²) in [5.74, 6) is -0.0643. The average Bonchev–Trinajstić information content (AvgIpc) is 3.09. The summed E-state index contributed by atoms with van der Waals surface area (Å²) in [6.45, 7) is 3.93. The number of anilines is 1. The van der Waals surface area contributed by atoms with Gasteiger partial charge < -0.3 is 10.6 Å². The van der Waals surface area contributed by atoms with Crippen molar-refractivity contribution >= 4 is 29.3 Å². The Morgan fingerprint density at radius 2 is 2.17 bits per heavy atom. The van der Waals surface area contributed by atoms with Crippen molar-refractivity contribution in [3.8, 4) is 0 Å². The zero-order valence-corrected chi connectivity index (χ0v) is 14.5. The predicted octanol–water partition coefficient (Wildman–Crippen LogP) is 2.78. The quantitative estimate of drug-likeness (QED) is 0.778. The molecule has 0 radical (unpaired) electrons. The van der Waals surface area contributed by atoms with Crippen LogP contribution in [-0.2, 0) is 9.59 Å². The Bertz CT molecular complexity index is 752. The van der Waals surface area contributed by atoms with E-state index in [4.69, 9.17) is 0 Å². The molecule has 1 aromatic carbocycles. The molecule has 6 nitrogen and oxygen atoms in total. The minimum atomic E-state index is -0.0871. The summed E-state index contributed by atoms with van der Waals surface area (Å²) in [6, 6.07) is 7.64. The van der Waals surface area contributed by atoms with Crippen LogP contribution in [-0.4, -0.2) is 28.1 Å². The number of carbonyl (C=O) groups excluding carboxylic acids is 2. The van der Waals surface area contributed by atoms with Crippen molar-refractivity contribution in [2.45, 2.75) is 48.9 Å². The van der Waals surface area contributed by atoms with Gasteiger partial charge in [-0.25, -0.2) is 0 Å². The highest BCUT2D eigenvalue weighted by atomic mass is 32.2. The number of nitrogens with zero attached hydrogens (tertiary/aromatic N) is 1. The Balaban J connectivity index is 1.70. The first-order chi connectivity index (χ1) is 11.5. The normalized spacial score (nSPS) is 16.9. The molecule has 0 unspecified atom stereocenters. The van der Waals surface area contributed by atoms with Crippen molar-refractivity contribution in [3.63, 3.8) is 0 Å². The van der Waals surface area contributed by atoms with Gasteiger partial charge in [-0.2, -0.15) is 5.10 Å². The van der Waals surface area contributed by atoms with Gasteiger partial charge in [-0.05, 0) is 32.4 Å². The molecule has 1 saturated heterocycles. The van der Waals surface area contributed by atoms with Crippen LogP contribution in [0.4, 0.5) is 5.69 Å².